The first-order valence-corrected chi connectivity index (χ1v) is 5.34. The third-order valence-electron chi connectivity index (χ3n) is 1.82. The van der Waals surface area contributed by atoms with Crippen LogP contribution in [0.2, 0.25) is 0 Å². The molecule has 6 heteroatoms. The van der Waals surface area contributed by atoms with Gasteiger partial charge in [-0.05, 0) is 17.5 Å². The second-order valence-electron chi connectivity index (χ2n) is 3.00. The molecule has 0 aromatic carbocycles. The van der Waals surface area contributed by atoms with E-state index < -0.39 is 5.97 Å². The fraction of sp³-hybridized carbons (Fsp3) is 0.100. The van der Waals surface area contributed by atoms with Gasteiger partial charge in [-0.2, -0.15) is 0 Å². The summed E-state index contributed by atoms with van der Waals surface area (Å²) in [6, 6.07) is 3.66. The van der Waals surface area contributed by atoms with Crippen LogP contribution >= 0.6 is 11.3 Å². The molecule has 1 N–H and O–H groups in total. The van der Waals surface area contributed by atoms with Crippen molar-refractivity contribution in [3.63, 3.8) is 0 Å². The topological polar surface area (TPSA) is 76.2 Å². The normalized spacial score (nSPS) is 11.7. The summed E-state index contributed by atoms with van der Waals surface area (Å²) in [5, 5.41) is 18.2. The summed E-state index contributed by atoms with van der Waals surface area (Å²) in [6.45, 7) is 1.61. The zero-order chi connectivity index (χ0) is 11.5. The molecule has 0 aliphatic heterocycles. The van der Waals surface area contributed by atoms with Crippen molar-refractivity contribution < 1.29 is 14.3 Å². The highest BCUT2D eigenvalue weighted by Gasteiger charge is 2.17. The highest BCUT2D eigenvalue weighted by Crippen LogP contribution is 2.20. The Kier molecular flexibility index (Phi) is 2.82. The lowest BCUT2D eigenvalue weighted by atomic mass is 10.2. The number of aliphatic carboxylic acids is 1. The van der Waals surface area contributed by atoms with Gasteiger partial charge in [-0.25, -0.2) is 4.79 Å². The van der Waals surface area contributed by atoms with Crippen molar-refractivity contribution in [2.45, 2.75) is 6.92 Å². The summed E-state index contributed by atoms with van der Waals surface area (Å²) in [7, 11) is 0. The number of aromatic nitrogens is 2. The average molecular weight is 236 g/mol. The quantitative estimate of drug-likeness (QED) is 0.825. The zero-order valence-corrected chi connectivity index (χ0v) is 9.19. The van der Waals surface area contributed by atoms with E-state index in [9.17, 15) is 4.79 Å². The van der Waals surface area contributed by atoms with Crippen molar-refractivity contribution in [3.8, 4) is 0 Å². The second-order valence-corrected chi connectivity index (χ2v) is 3.98. The minimum Gasteiger partial charge on any atom is -0.477 e. The van der Waals surface area contributed by atoms with Crippen LogP contribution in [0.15, 0.2) is 21.9 Å². The van der Waals surface area contributed by atoms with Gasteiger partial charge in [0, 0.05) is 11.8 Å². The summed E-state index contributed by atoms with van der Waals surface area (Å²) in [5.41, 5.74) is 0.00282. The molecule has 0 spiro atoms. The Bertz CT molecular complexity index is 528. The van der Waals surface area contributed by atoms with E-state index in [1.807, 2.05) is 17.5 Å². The summed E-state index contributed by atoms with van der Waals surface area (Å²) >= 11 is 1.44. The molecule has 2 rings (SSSR count). The number of carbonyl (C=O) groups is 1. The molecule has 0 fully saturated rings. The molecule has 0 saturated carbocycles. The first kappa shape index (κ1) is 10.6. The molecule has 0 radical (unpaired) electrons. The Hall–Kier alpha value is -1.95. The maximum absolute atomic E-state index is 11.0. The molecule has 5 nitrogen and oxygen atoms in total. The van der Waals surface area contributed by atoms with Crippen LogP contribution in [-0.4, -0.2) is 21.3 Å². The zero-order valence-electron chi connectivity index (χ0n) is 8.38. The standard InChI is InChI=1S/C10H8N2O3S/c1-6-11-12-9(15-6)8(10(13)14)5-7-3-2-4-16-7/h2-5H,1H3,(H,13,14)/b8-5-. The largest absolute Gasteiger partial charge is 0.477 e. The van der Waals surface area contributed by atoms with Crippen LogP contribution in [0.1, 0.15) is 16.7 Å². The third kappa shape index (κ3) is 2.17. The van der Waals surface area contributed by atoms with E-state index in [-0.39, 0.29) is 11.5 Å². The van der Waals surface area contributed by atoms with Crippen LogP contribution in [0.5, 0.6) is 0 Å². The number of carboxylic acids is 1. The molecule has 0 aliphatic carbocycles. The maximum atomic E-state index is 11.0. The van der Waals surface area contributed by atoms with Crippen molar-refractivity contribution in [2.24, 2.45) is 0 Å². The molecule has 0 aliphatic rings. The highest BCUT2D eigenvalue weighted by molar-refractivity contribution is 7.10. The maximum Gasteiger partial charge on any atom is 0.341 e. The van der Waals surface area contributed by atoms with Crippen molar-refractivity contribution in [1.29, 1.82) is 0 Å². The van der Waals surface area contributed by atoms with Gasteiger partial charge in [0.25, 0.3) is 5.89 Å². The van der Waals surface area contributed by atoms with Gasteiger partial charge in [0.2, 0.25) is 5.89 Å². The van der Waals surface area contributed by atoms with Gasteiger partial charge in [-0.1, -0.05) is 6.07 Å². The number of hydrogen-bond donors (Lipinski definition) is 1. The van der Waals surface area contributed by atoms with Gasteiger partial charge in [-0.15, -0.1) is 21.5 Å². The van der Waals surface area contributed by atoms with Crippen LogP contribution in [0.25, 0.3) is 11.6 Å². The molecule has 82 valence electrons. The van der Waals surface area contributed by atoms with E-state index in [0.717, 1.165) is 4.88 Å². The Morgan fingerprint density at radius 1 is 1.56 bits per heavy atom. The Balaban J connectivity index is 2.42. The molecule has 2 heterocycles. The number of aryl methyl sites for hydroxylation is 1. The molecular weight excluding hydrogens is 228 g/mol. The fourth-order valence-electron chi connectivity index (χ4n) is 1.14. The molecule has 0 unspecified atom stereocenters. The summed E-state index contributed by atoms with van der Waals surface area (Å²) < 4.78 is 5.09. The average Bonchev–Trinajstić information content (AvgIpc) is 2.84. The number of thiophene rings is 1. The predicted octanol–water partition coefficient (Wildman–Crippen LogP) is 2.06. The monoisotopic (exact) mass is 236 g/mol. The van der Waals surface area contributed by atoms with Crippen LogP contribution in [0.3, 0.4) is 0 Å². The first-order valence-electron chi connectivity index (χ1n) is 4.46. The minimum absolute atomic E-state index is 0.00282. The Morgan fingerprint density at radius 2 is 2.38 bits per heavy atom. The summed E-state index contributed by atoms with van der Waals surface area (Å²) in [5.74, 6) is -0.719. The minimum atomic E-state index is -1.09. The van der Waals surface area contributed by atoms with Gasteiger partial charge >= 0.3 is 5.97 Å². The summed E-state index contributed by atoms with van der Waals surface area (Å²) in [4.78, 5) is 11.9. The number of carboxylic acid groups (broad SMARTS) is 1. The van der Waals surface area contributed by atoms with Gasteiger partial charge < -0.3 is 9.52 Å². The summed E-state index contributed by atoms with van der Waals surface area (Å²) in [6.07, 6.45) is 1.51. The molecule has 0 bridgehead atoms. The van der Waals surface area contributed by atoms with E-state index in [2.05, 4.69) is 10.2 Å². The van der Waals surface area contributed by atoms with Crippen molar-refractivity contribution >= 4 is 29.0 Å². The van der Waals surface area contributed by atoms with Crippen molar-refractivity contribution in [3.05, 3.63) is 34.2 Å². The van der Waals surface area contributed by atoms with E-state index in [1.54, 1.807) is 6.92 Å². The predicted molar refractivity (Wildman–Crippen MR) is 58.9 cm³/mol. The molecule has 2 aromatic heterocycles. The number of hydrogen-bond acceptors (Lipinski definition) is 5. The van der Waals surface area contributed by atoms with E-state index in [4.69, 9.17) is 9.52 Å². The SMILES string of the molecule is Cc1nnc(/C(=C/c2cccs2)C(=O)O)o1. The van der Waals surface area contributed by atoms with Crippen molar-refractivity contribution in [1.82, 2.24) is 10.2 Å². The van der Waals surface area contributed by atoms with Gasteiger partial charge in [0.15, 0.2) is 0 Å². The molecule has 2 aromatic rings. The Labute approximate surface area is 95.1 Å². The number of rotatable bonds is 3. The second kappa shape index (κ2) is 4.28. The van der Waals surface area contributed by atoms with Crippen LogP contribution in [-0.2, 0) is 4.79 Å². The van der Waals surface area contributed by atoms with E-state index >= 15 is 0 Å². The lowest BCUT2D eigenvalue weighted by molar-refractivity contribution is -0.130. The lowest BCUT2D eigenvalue weighted by Crippen LogP contribution is -1.99. The lowest BCUT2D eigenvalue weighted by Gasteiger charge is -1.94. The molecule has 0 amide bonds. The Morgan fingerprint density at radius 3 is 2.88 bits per heavy atom. The van der Waals surface area contributed by atoms with Gasteiger partial charge in [0.05, 0.1) is 0 Å². The van der Waals surface area contributed by atoms with Crippen LogP contribution < -0.4 is 0 Å². The highest BCUT2D eigenvalue weighted by atomic mass is 32.1. The van der Waals surface area contributed by atoms with Gasteiger partial charge in [0.1, 0.15) is 5.57 Å². The first-order chi connectivity index (χ1) is 7.66. The fourth-order valence-corrected chi connectivity index (χ4v) is 1.79. The van der Waals surface area contributed by atoms with E-state index in [0.29, 0.717) is 5.89 Å². The van der Waals surface area contributed by atoms with Crippen molar-refractivity contribution in [2.75, 3.05) is 0 Å². The molecule has 0 saturated heterocycles. The van der Waals surface area contributed by atoms with Crippen LogP contribution in [0.4, 0.5) is 0 Å². The van der Waals surface area contributed by atoms with Gasteiger partial charge in [-0.3, -0.25) is 0 Å². The smallest absolute Gasteiger partial charge is 0.341 e. The van der Waals surface area contributed by atoms with E-state index in [1.165, 1.54) is 17.4 Å². The molecular formula is C10H8N2O3S. The number of nitrogens with zero attached hydrogens (tertiary/aromatic N) is 2. The molecule has 16 heavy (non-hydrogen) atoms. The third-order valence-corrected chi connectivity index (χ3v) is 2.64. The van der Waals surface area contributed by atoms with Crippen LogP contribution in [0, 0.1) is 6.92 Å². The molecule has 0 atom stereocenters.